The lowest BCUT2D eigenvalue weighted by Gasteiger charge is -2.10. The van der Waals surface area contributed by atoms with E-state index in [9.17, 15) is 0 Å². The van der Waals surface area contributed by atoms with Crippen molar-refractivity contribution >= 4 is 11.4 Å². The number of nitrogen functional groups attached to an aromatic ring is 1. The van der Waals surface area contributed by atoms with Gasteiger partial charge < -0.3 is 11.1 Å². The number of nitrogens with two attached hydrogens (primary N) is 1. The number of aromatic nitrogens is 1. The maximum atomic E-state index is 9.04. The summed E-state index contributed by atoms with van der Waals surface area (Å²) in [6.07, 6.45) is 3.59. The van der Waals surface area contributed by atoms with Crippen LogP contribution >= 0.6 is 0 Å². The Bertz CT molecular complexity index is 599. The van der Waals surface area contributed by atoms with Crippen molar-refractivity contribution in [2.45, 2.75) is 13.5 Å². The summed E-state index contributed by atoms with van der Waals surface area (Å²) < 4.78 is 0. The van der Waals surface area contributed by atoms with Gasteiger partial charge >= 0.3 is 0 Å². The number of hydrogen-bond donors (Lipinski definition) is 2. The zero-order chi connectivity index (χ0) is 13.0. The molecule has 2 aromatic rings. The van der Waals surface area contributed by atoms with Crippen LogP contribution in [0.1, 0.15) is 16.7 Å². The molecule has 0 atom stereocenters. The molecule has 0 spiro atoms. The summed E-state index contributed by atoms with van der Waals surface area (Å²) in [7, 11) is 0. The lowest BCUT2D eigenvalue weighted by molar-refractivity contribution is 1.08. The van der Waals surface area contributed by atoms with Crippen molar-refractivity contribution in [1.29, 1.82) is 5.26 Å². The number of nitrogens with zero attached hydrogens (tertiary/aromatic N) is 2. The Morgan fingerprint density at radius 2 is 2.22 bits per heavy atom. The lowest BCUT2D eigenvalue weighted by atomic mass is 10.1. The van der Waals surface area contributed by atoms with Crippen molar-refractivity contribution in [3.05, 3.63) is 53.3 Å². The van der Waals surface area contributed by atoms with E-state index in [0.717, 1.165) is 11.3 Å². The van der Waals surface area contributed by atoms with Gasteiger partial charge in [-0.3, -0.25) is 4.98 Å². The minimum absolute atomic E-state index is 0.552. The van der Waals surface area contributed by atoms with Gasteiger partial charge in [0.1, 0.15) is 6.07 Å². The zero-order valence-electron chi connectivity index (χ0n) is 10.1. The third kappa shape index (κ3) is 2.58. The molecular weight excluding hydrogens is 224 g/mol. The molecule has 1 heterocycles. The number of pyridine rings is 1. The SMILES string of the molecule is Cc1ccncc1CNc1ccc(N)cc1C#N. The molecule has 90 valence electrons. The predicted molar refractivity (Wildman–Crippen MR) is 71.9 cm³/mol. The first-order valence-electron chi connectivity index (χ1n) is 5.63. The van der Waals surface area contributed by atoms with Gasteiger partial charge in [-0.2, -0.15) is 5.26 Å². The summed E-state index contributed by atoms with van der Waals surface area (Å²) in [5, 5.41) is 12.3. The Labute approximate surface area is 106 Å². The number of benzene rings is 1. The van der Waals surface area contributed by atoms with Crippen LogP contribution in [0.5, 0.6) is 0 Å². The van der Waals surface area contributed by atoms with Gasteiger partial charge in [0.25, 0.3) is 0 Å². The summed E-state index contributed by atoms with van der Waals surface area (Å²) >= 11 is 0. The summed E-state index contributed by atoms with van der Waals surface area (Å²) in [4.78, 5) is 4.09. The van der Waals surface area contributed by atoms with Crippen molar-refractivity contribution < 1.29 is 0 Å². The van der Waals surface area contributed by atoms with E-state index in [2.05, 4.69) is 16.4 Å². The van der Waals surface area contributed by atoms with Crippen molar-refractivity contribution in [1.82, 2.24) is 4.98 Å². The van der Waals surface area contributed by atoms with Gasteiger partial charge in [0.05, 0.1) is 11.3 Å². The highest BCUT2D eigenvalue weighted by atomic mass is 14.9. The minimum atomic E-state index is 0.552. The van der Waals surface area contributed by atoms with Gasteiger partial charge in [0, 0.05) is 24.6 Å². The number of anilines is 2. The van der Waals surface area contributed by atoms with Crippen LogP contribution in [0, 0.1) is 18.3 Å². The van der Waals surface area contributed by atoms with Crippen molar-refractivity contribution in [3.8, 4) is 6.07 Å². The van der Waals surface area contributed by atoms with Gasteiger partial charge in [-0.05, 0) is 42.3 Å². The summed E-state index contributed by atoms with van der Waals surface area (Å²) in [6.45, 7) is 2.67. The lowest BCUT2D eigenvalue weighted by Crippen LogP contribution is -2.03. The molecule has 1 aromatic heterocycles. The normalized spacial score (nSPS) is 9.78. The molecule has 3 N–H and O–H groups in total. The van der Waals surface area contributed by atoms with Gasteiger partial charge in [-0.15, -0.1) is 0 Å². The van der Waals surface area contributed by atoms with E-state index in [1.54, 1.807) is 18.3 Å². The quantitative estimate of drug-likeness (QED) is 0.805. The van der Waals surface area contributed by atoms with Crippen LogP contribution in [0.2, 0.25) is 0 Å². The molecule has 2 rings (SSSR count). The largest absolute Gasteiger partial charge is 0.399 e. The topological polar surface area (TPSA) is 74.7 Å². The van der Waals surface area contributed by atoms with E-state index < -0.39 is 0 Å². The first-order chi connectivity index (χ1) is 8.70. The van der Waals surface area contributed by atoms with E-state index in [1.165, 1.54) is 5.56 Å². The smallest absolute Gasteiger partial charge is 0.101 e. The van der Waals surface area contributed by atoms with E-state index in [0.29, 0.717) is 17.8 Å². The van der Waals surface area contributed by atoms with Gasteiger partial charge in [-0.1, -0.05) is 0 Å². The number of nitriles is 1. The van der Waals surface area contributed by atoms with Gasteiger partial charge in [0.15, 0.2) is 0 Å². The molecule has 0 amide bonds. The van der Waals surface area contributed by atoms with E-state index in [4.69, 9.17) is 11.0 Å². The average Bonchev–Trinajstić information content (AvgIpc) is 2.39. The predicted octanol–water partition coefficient (Wildman–Crippen LogP) is 2.46. The maximum Gasteiger partial charge on any atom is 0.101 e. The molecule has 0 aliphatic heterocycles. The first kappa shape index (κ1) is 11.9. The number of rotatable bonds is 3. The molecule has 0 saturated carbocycles. The molecule has 1 aromatic carbocycles. The van der Waals surface area contributed by atoms with E-state index >= 15 is 0 Å². The summed E-state index contributed by atoms with van der Waals surface area (Å²) in [5.41, 5.74) is 9.86. The molecule has 0 aliphatic carbocycles. The molecule has 0 saturated heterocycles. The van der Waals surface area contributed by atoms with Crippen LogP contribution in [0.25, 0.3) is 0 Å². The molecule has 0 fully saturated rings. The number of aryl methyl sites for hydroxylation is 1. The van der Waals surface area contributed by atoms with Crippen molar-refractivity contribution in [2.24, 2.45) is 0 Å². The average molecular weight is 238 g/mol. The van der Waals surface area contributed by atoms with Gasteiger partial charge in [-0.25, -0.2) is 0 Å². The fourth-order valence-corrected chi connectivity index (χ4v) is 1.68. The van der Waals surface area contributed by atoms with Crippen LogP contribution in [0.3, 0.4) is 0 Å². The minimum Gasteiger partial charge on any atom is -0.399 e. The van der Waals surface area contributed by atoms with Gasteiger partial charge in [0.2, 0.25) is 0 Å². The Balaban J connectivity index is 2.16. The molecule has 0 bridgehead atoms. The Morgan fingerprint density at radius 1 is 1.39 bits per heavy atom. The Morgan fingerprint density at radius 3 is 2.94 bits per heavy atom. The van der Waals surface area contributed by atoms with Crippen LogP contribution in [0.4, 0.5) is 11.4 Å². The second-order valence-corrected chi connectivity index (χ2v) is 4.07. The van der Waals surface area contributed by atoms with Crippen LogP contribution < -0.4 is 11.1 Å². The number of nitrogens with one attached hydrogen (secondary N) is 1. The second-order valence-electron chi connectivity index (χ2n) is 4.07. The van der Waals surface area contributed by atoms with Crippen LogP contribution in [0.15, 0.2) is 36.7 Å². The molecule has 0 aliphatic rings. The monoisotopic (exact) mass is 238 g/mol. The van der Waals surface area contributed by atoms with E-state index in [-0.39, 0.29) is 0 Å². The third-order valence-corrected chi connectivity index (χ3v) is 2.78. The molecule has 0 unspecified atom stereocenters. The highest BCUT2D eigenvalue weighted by Crippen LogP contribution is 2.19. The Hall–Kier alpha value is -2.54. The first-order valence-corrected chi connectivity index (χ1v) is 5.63. The van der Waals surface area contributed by atoms with Crippen LogP contribution in [-0.4, -0.2) is 4.98 Å². The molecular formula is C14H14N4. The fourth-order valence-electron chi connectivity index (χ4n) is 1.68. The van der Waals surface area contributed by atoms with Crippen LogP contribution in [-0.2, 0) is 6.54 Å². The highest BCUT2D eigenvalue weighted by Gasteiger charge is 2.03. The number of hydrogen-bond acceptors (Lipinski definition) is 4. The van der Waals surface area contributed by atoms with Crippen molar-refractivity contribution in [2.75, 3.05) is 11.1 Å². The highest BCUT2D eigenvalue weighted by molar-refractivity contribution is 5.63. The standard InChI is InChI=1S/C14H14N4/c1-10-4-5-17-8-12(10)9-18-14-3-2-13(16)6-11(14)7-15/h2-6,8,18H,9,16H2,1H3. The molecule has 4 nitrogen and oxygen atoms in total. The Kier molecular flexibility index (Phi) is 3.44. The zero-order valence-corrected chi connectivity index (χ0v) is 10.1. The second kappa shape index (κ2) is 5.19. The molecule has 0 radical (unpaired) electrons. The summed E-state index contributed by atoms with van der Waals surface area (Å²) in [5.74, 6) is 0. The van der Waals surface area contributed by atoms with E-state index in [1.807, 2.05) is 25.3 Å². The van der Waals surface area contributed by atoms with Crippen molar-refractivity contribution in [3.63, 3.8) is 0 Å². The summed E-state index contributed by atoms with van der Waals surface area (Å²) in [6, 6.07) is 9.35. The fraction of sp³-hybridized carbons (Fsp3) is 0.143. The molecule has 4 heteroatoms. The molecule has 18 heavy (non-hydrogen) atoms. The maximum absolute atomic E-state index is 9.04. The third-order valence-electron chi connectivity index (χ3n) is 2.78.